The highest BCUT2D eigenvalue weighted by molar-refractivity contribution is 8.01. The molecule has 0 saturated carbocycles. The van der Waals surface area contributed by atoms with Crippen LogP contribution in [0.4, 0.5) is 4.79 Å². The summed E-state index contributed by atoms with van der Waals surface area (Å²) in [5.41, 5.74) is 0.546. The lowest BCUT2D eigenvalue weighted by molar-refractivity contribution is -0.148. The molecule has 2 atom stereocenters. The highest BCUT2D eigenvalue weighted by Gasteiger charge is 2.54. The van der Waals surface area contributed by atoms with Crippen LogP contribution in [0.3, 0.4) is 0 Å². The van der Waals surface area contributed by atoms with Crippen molar-refractivity contribution in [1.82, 2.24) is 25.7 Å². The van der Waals surface area contributed by atoms with E-state index in [1.54, 1.807) is 6.92 Å². The fourth-order valence-electron chi connectivity index (χ4n) is 2.64. The van der Waals surface area contributed by atoms with Gasteiger partial charge in [0, 0.05) is 25.0 Å². The van der Waals surface area contributed by atoms with Gasteiger partial charge in [-0.25, -0.2) is 9.59 Å². The molecular weight excluding hydrogens is 394 g/mol. The third-order valence-electron chi connectivity index (χ3n) is 3.82. The van der Waals surface area contributed by atoms with Gasteiger partial charge in [0.05, 0.1) is 0 Å². The summed E-state index contributed by atoms with van der Waals surface area (Å²) in [5.74, 6) is -0.479. The summed E-state index contributed by atoms with van der Waals surface area (Å²) in [4.78, 5) is 37.2. The van der Waals surface area contributed by atoms with E-state index in [1.165, 1.54) is 34.5 Å². The number of aromatic nitrogens is 2. The van der Waals surface area contributed by atoms with Gasteiger partial charge in [-0.05, 0) is 5.57 Å². The third-order valence-corrected chi connectivity index (χ3v) is 6.07. The molecule has 10 nitrogen and oxygen atoms in total. The van der Waals surface area contributed by atoms with Crippen molar-refractivity contribution in [2.75, 3.05) is 18.1 Å². The van der Waals surface area contributed by atoms with Crippen molar-refractivity contribution in [3.63, 3.8) is 0 Å². The van der Waals surface area contributed by atoms with E-state index < -0.39 is 29.3 Å². The molecule has 1 saturated heterocycles. The second-order valence-corrected chi connectivity index (χ2v) is 7.70. The molecule has 0 aromatic carbocycles. The Balaban J connectivity index is 1.70. The summed E-state index contributed by atoms with van der Waals surface area (Å²) in [6, 6.07) is -1.26. The number of urea groups is 1. The van der Waals surface area contributed by atoms with Crippen LogP contribution in [0.1, 0.15) is 5.89 Å². The first-order valence-corrected chi connectivity index (χ1v) is 9.94. The molecule has 3 heterocycles. The van der Waals surface area contributed by atoms with Gasteiger partial charge in [0.25, 0.3) is 11.1 Å². The number of hydrogen-bond donors (Lipinski definition) is 3. The molecule has 12 heteroatoms. The number of carbonyl (C=O) groups excluding carboxylic acids is 2. The molecule has 1 aromatic rings. The van der Waals surface area contributed by atoms with Gasteiger partial charge in [0.15, 0.2) is 0 Å². The number of amides is 3. The molecule has 2 aliphatic heterocycles. The Morgan fingerprint density at radius 3 is 2.93 bits per heavy atom. The number of thioether (sulfide) groups is 2. The Kier molecular flexibility index (Phi) is 5.75. The molecule has 0 radical (unpaired) electrons. The molecule has 0 bridgehead atoms. The van der Waals surface area contributed by atoms with Crippen LogP contribution >= 0.6 is 23.5 Å². The molecule has 3 rings (SSSR count). The topological polar surface area (TPSA) is 138 Å². The number of aliphatic carboxylic acids is 1. The standard InChI is InChI=1S/C15H17N5O5S2/c1-3-4-16-14(24)17-9-11(21)20-10(13(22)23)8(5-26-12(9)20)6-27-15-19-18-7(2)25-15/h3,9,12H,1,4-6H2,2H3,(H,22,23)(H2,16,17,24)/t9?,12-/m0/s1. The van der Waals surface area contributed by atoms with Crippen molar-refractivity contribution in [2.45, 2.75) is 23.6 Å². The van der Waals surface area contributed by atoms with Crippen LogP contribution in [0.15, 0.2) is 33.6 Å². The van der Waals surface area contributed by atoms with E-state index in [1.807, 2.05) is 0 Å². The first-order chi connectivity index (χ1) is 12.9. The van der Waals surface area contributed by atoms with Crippen LogP contribution in [0.5, 0.6) is 0 Å². The second kappa shape index (κ2) is 8.05. The molecule has 3 N–H and O–H groups in total. The van der Waals surface area contributed by atoms with Gasteiger partial charge in [-0.15, -0.1) is 28.5 Å². The summed E-state index contributed by atoms with van der Waals surface area (Å²) in [6.45, 7) is 5.43. The third kappa shape index (κ3) is 3.95. The molecule has 0 aliphatic carbocycles. The zero-order chi connectivity index (χ0) is 19.6. The Bertz CT molecular complexity index is 823. The summed E-state index contributed by atoms with van der Waals surface area (Å²) in [7, 11) is 0. The molecule has 1 aromatic heterocycles. The molecule has 2 aliphatic rings. The highest BCUT2D eigenvalue weighted by atomic mass is 32.2. The van der Waals surface area contributed by atoms with Crippen molar-refractivity contribution in [1.29, 1.82) is 0 Å². The van der Waals surface area contributed by atoms with Crippen molar-refractivity contribution in [3.05, 3.63) is 29.8 Å². The summed E-state index contributed by atoms with van der Waals surface area (Å²) in [6.07, 6.45) is 1.52. The van der Waals surface area contributed by atoms with E-state index in [-0.39, 0.29) is 12.2 Å². The number of β-lactam (4-membered cyclic amide) rings is 1. The Morgan fingerprint density at radius 2 is 2.30 bits per heavy atom. The normalized spacial score (nSPS) is 21.4. The average Bonchev–Trinajstić information content (AvgIpc) is 3.06. The zero-order valence-corrected chi connectivity index (χ0v) is 15.9. The van der Waals surface area contributed by atoms with E-state index in [0.717, 1.165) is 0 Å². The van der Waals surface area contributed by atoms with Crippen molar-refractivity contribution in [2.24, 2.45) is 0 Å². The van der Waals surface area contributed by atoms with E-state index in [2.05, 4.69) is 27.4 Å². The molecule has 0 spiro atoms. The lowest BCUT2D eigenvalue weighted by atomic mass is 10.0. The van der Waals surface area contributed by atoms with E-state index in [0.29, 0.717) is 28.2 Å². The second-order valence-electron chi connectivity index (χ2n) is 5.66. The molecule has 1 unspecified atom stereocenters. The van der Waals surface area contributed by atoms with Crippen LogP contribution < -0.4 is 10.6 Å². The molecule has 144 valence electrons. The number of fused-ring (bicyclic) bond motifs is 1. The highest BCUT2D eigenvalue weighted by Crippen LogP contribution is 2.41. The van der Waals surface area contributed by atoms with Gasteiger partial charge >= 0.3 is 12.0 Å². The van der Waals surface area contributed by atoms with Gasteiger partial charge in [-0.3, -0.25) is 9.69 Å². The molecule has 1 fully saturated rings. The Morgan fingerprint density at radius 1 is 1.52 bits per heavy atom. The maximum Gasteiger partial charge on any atom is 0.352 e. The van der Waals surface area contributed by atoms with Crippen molar-refractivity contribution >= 4 is 41.4 Å². The number of nitrogens with one attached hydrogen (secondary N) is 2. The van der Waals surface area contributed by atoms with Crippen molar-refractivity contribution < 1.29 is 23.9 Å². The van der Waals surface area contributed by atoms with E-state index in [9.17, 15) is 19.5 Å². The molecule has 27 heavy (non-hydrogen) atoms. The number of carbonyl (C=O) groups is 3. The fraction of sp³-hybridized carbons (Fsp3) is 0.400. The number of nitrogens with zero attached hydrogens (tertiary/aromatic N) is 3. The van der Waals surface area contributed by atoms with Crippen LogP contribution in [-0.2, 0) is 9.59 Å². The first kappa shape index (κ1) is 19.3. The lowest BCUT2D eigenvalue weighted by Gasteiger charge is -2.49. The summed E-state index contributed by atoms with van der Waals surface area (Å²) < 4.78 is 5.27. The average molecular weight is 411 g/mol. The van der Waals surface area contributed by atoms with Gasteiger partial charge in [-0.2, -0.15) is 0 Å². The Hall–Kier alpha value is -2.47. The molecule has 3 amide bonds. The SMILES string of the molecule is C=CCNC(=O)NC1C(=O)N2C(C(=O)O)=C(CSc3nnc(C)o3)CS[C@@H]12. The minimum Gasteiger partial charge on any atom is -0.477 e. The fourth-order valence-corrected chi connectivity index (χ4v) is 4.93. The van der Waals surface area contributed by atoms with Crippen LogP contribution in [0.2, 0.25) is 0 Å². The van der Waals surface area contributed by atoms with Crippen LogP contribution in [-0.4, -0.2) is 67.6 Å². The predicted molar refractivity (Wildman–Crippen MR) is 98.0 cm³/mol. The smallest absolute Gasteiger partial charge is 0.352 e. The first-order valence-electron chi connectivity index (χ1n) is 7.90. The van der Waals surface area contributed by atoms with Crippen molar-refractivity contribution in [3.8, 4) is 0 Å². The number of carboxylic acids is 1. The van der Waals surface area contributed by atoms with Gasteiger partial charge in [-0.1, -0.05) is 17.8 Å². The summed E-state index contributed by atoms with van der Waals surface area (Å²) in [5, 5.41) is 22.2. The van der Waals surface area contributed by atoms with Gasteiger partial charge in [0.1, 0.15) is 17.1 Å². The maximum absolute atomic E-state index is 12.4. The van der Waals surface area contributed by atoms with Crippen LogP contribution in [0, 0.1) is 6.92 Å². The quantitative estimate of drug-likeness (QED) is 0.334. The number of hydrogen-bond acceptors (Lipinski definition) is 8. The monoisotopic (exact) mass is 411 g/mol. The van der Waals surface area contributed by atoms with E-state index >= 15 is 0 Å². The van der Waals surface area contributed by atoms with Gasteiger partial charge < -0.3 is 20.2 Å². The predicted octanol–water partition coefficient (Wildman–Crippen LogP) is 0.578. The lowest BCUT2D eigenvalue weighted by Crippen LogP contribution is -2.71. The minimum absolute atomic E-state index is 0.0444. The largest absolute Gasteiger partial charge is 0.477 e. The summed E-state index contributed by atoms with van der Waals surface area (Å²) >= 11 is 2.62. The van der Waals surface area contributed by atoms with E-state index in [4.69, 9.17) is 4.42 Å². The zero-order valence-electron chi connectivity index (χ0n) is 14.3. The molecular formula is C15H17N5O5S2. The number of carboxylic acid groups (broad SMARTS) is 1. The Labute approximate surface area is 162 Å². The maximum atomic E-state index is 12.4. The number of aryl methyl sites for hydroxylation is 1. The van der Waals surface area contributed by atoms with Gasteiger partial charge in [0.2, 0.25) is 5.89 Å². The number of rotatable bonds is 7. The van der Waals surface area contributed by atoms with Crippen LogP contribution in [0.25, 0.3) is 0 Å². The minimum atomic E-state index is -1.18.